The second-order valence-corrected chi connectivity index (χ2v) is 8.98. The van der Waals surface area contributed by atoms with E-state index in [9.17, 15) is 9.59 Å². The zero-order valence-corrected chi connectivity index (χ0v) is 14.9. The fourth-order valence-electron chi connectivity index (χ4n) is 6.72. The second-order valence-electron chi connectivity index (χ2n) is 8.98. The van der Waals surface area contributed by atoms with Crippen molar-refractivity contribution in [2.75, 3.05) is 0 Å². The van der Waals surface area contributed by atoms with Crippen molar-refractivity contribution in [2.45, 2.75) is 46.5 Å². The van der Waals surface area contributed by atoms with Crippen molar-refractivity contribution >= 4 is 17.3 Å². The van der Waals surface area contributed by atoms with E-state index in [0.29, 0.717) is 30.0 Å². The van der Waals surface area contributed by atoms with E-state index in [1.165, 1.54) is 0 Å². The predicted molar refractivity (Wildman–Crippen MR) is 93.8 cm³/mol. The molecule has 7 atom stereocenters. The van der Waals surface area contributed by atoms with Gasteiger partial charge in [0, 0.05) is 23.2 Å². The summed E-state index contributed by atoms with van der Waals surface area (Å²) >= 11 is 0. The molecule has 1 N–H and O–H groups in total. The van der Waals surface area contributed by atoms with Crippen molar-refractivity contribution in [2.24, 2.45) is 40.4 Å². The minimum absolute atomic E-state index is 0.160. The molecular weight excluding hydrogens is 298 g/mol. The van der Waals surface area contributed by atoms with Crippen LogP contribution in [0.5, 0.6) is 0 Å². The molecule has 4 aliphatic carbocycles. The van der Waals surface area contributed by atoms with Crippen LogP contribution in [0, 0.1) is 45.8 Å². The quantitative estimate of drug-likeness (QED) is 0.685. The Morgan fingerprint density at radius 2 is 1.92 bits per heavy atom. The van der Waals surface area contributed by atoms with Crippen molar-refractivity contribution in [1.82, 2.24) is 0 Å². The molecule has 3 fully saturated rings. The first-order valence-corrected chi connectivity index (χ1v) is 9.26. The maximum Gasteiger partial charge on any atom is 0.199 e. The lowest BCUT2D eigenvalue weighted by Crippen LogP contribution is -2.58. The van der Waals surface area contributed by atoms with Crippen molar-refractivity contribution < 1.29 is 9.59 Å². The molecule has 0 aromatic heterocycles. The van der Waals surface area contributed by atoms with Gasteiger partial charge in [-0.2, -0.15) is 0 Å². The van der Waals surface area contributed by atoms with Gasteiger partial charge in [-0.05, 0) is 49.0 Å². The molecule has 128 valence electrons. The van der Waals surface area contributed by atoms with Crippen LogP contribution in [0.15, 0.2) is 24.3 Å². The van der Waals surface area contributed by atoms with Gasteiger partial charge in [-0.3, -0.25) is 9.59 Å². The van der Waals surface area contributed by atoms with Crippen LogP contribution < -0.4 is 0 Å². The van der Waals surface area contributed by atoms with Gasteiger partial charge in [0.05, 0.1) is 5.71 Å². The zero-order chi connectivity index (χ0) is 17.4. The van der Waals surface area contributed by atoms with Gasteiger partial charge in [0.15, 0.2) is 5.78 Å². The van der Waals surface area contributed by atoms with Crippen LogP contribution in [0.4, 0.5) is 0 Å². The van der Waals surface area contributed by atoms with E-state index in [2.05, 4.69) is 33.4 Å². The van der Waals surface area contributed by atoms with Crippen LogP contribution in [-0.4, -0.2) is 17.3 Å². The lowest BCUT2D eigenvalue weighted by Gasteiger charge is -2.60. The average molecular weight is 325 g/mol. The number of allylic oxidation sites excluding steroid dienone is 3. The summed E-state index contributed by atoms with van der Waals surface area (Å²) in [6.45, 7) is 10.9. The summed E-state index contributed by atoms with van der Waals surface area (Å²) in [7, 11) is 0. The summed E-state index contributed by atoms with van der Waals surface area (Å²) < 4.78 is 0. The Morgan fingerprint density at radius 1 is 1.21 bits per heavy atom. The first-order chi connectivity index (χ1) is 11.2. The van der Waals surface area contributed by atoms with Crippen molar-refractivity contribution in [3.8, 4) is 0 Å². The van der Waals surface area contributed by atoms with Gasteiger partial charge in [0.25, 0.3) is 0 Å². The Bertz CT molecular complexity index is 705. The molecule has 0 aromatic rings. The zero-order valence-electron chi connectivity index (χ0n) is 14.9. The van der Waals surface area contributed by atoms with Gasteiger partial charge in [0.1, 0.15) is 5.78 Å². The number of Topliss-reactive ketones (excluding diaryl/α,β-unsaturated/α-hetero) is 1. The summed E-state index contributed by atoms with van der Waals surface area (Å²) in [5.74, 6) is 1.68. The minimum atomic E-state index is -0.202. The van der Waals surface area contributed by atoms with Crippen LogP contribution >= 0.6 is 0 Å². The second kappa shape index (κ2) is 4.77. The van der Waals surface area contributed by atoms with Crippen LogP contribution in [0.25, 0.3) is 0 Å². The van der Waals surface area contributed by atoms with E-state index in [-0.39, 0.29) is 34.2 Å². The van der Waals surface area contributed by atoms with Crippen molar-refractivity contribution in [3.05, 3.63) is 24.3 Å². The number of carbonyl (C=O) groups excluding carboxylic acids is 2. The van der Waals surface area contributed by atoms with E-state index in [4.69, 9.17) is 5.41 Å². The van der Waals surface area contributed by atoms with E-state index >= 15 is 0 Å². The summed E-state index contributed by atoms with van der Waals surface area (Å²) in [4.78, 5) is 24.6. The largest absolute Gasteiger partial charge is 0.301 e. The van der Waals surface area contributed by atoms with E-state index in [1.807, 2.05) is 0 Å². The highest BCUT2D eigenvalue weighted by atomic mass is 16.1. The van der Waals surface area contributed by atoms with Gasteiger partial charge >= 0.3 is 0 Å². The van der Waals surface area contributed by atoms with Gasteiger partial charge in [-0.15, -0.1) is 0 Å². The van der Waals surface area contributed by atoms with Gasteiger partial charge in [-0.1, -0.05) is 39.0 Å². The minimum Gasteiger partial charge on any atom is -0.301 e. The smallest absolute Gasteiger partial charge is 0.199 e. The number of ketones is 2. The number of fused-ring (bicyclic) bond motifs is 5. The average Bonchev–Trinajstić information content (AvgIpc) is 2.84. The highest BCUT2D eigenvalue weighted by Crippen LogP contribution is 2.66. The molecule has 0 amide bonds. The summed E-state index contributed by atoms with van der Waals surface area (Å²) in [6, 6.07) is 0. The van der Waals surface area contributed by atoms with E-state index < -0.39 is 0 Å². The first kappa shape index (κ1) is 16.0. The van der Waals surface area contributed by atoms with Gasteiger partial charge in [-0.25, -0.2) is 0 Å². The number of rotatable bonds is 0. The molecule has 0 aromatic carbocycles. The molecule has 3 nitrogen and oxygen atoms in total. The topological polar surface area (TPSA) is 58.0 Å². The normalized spacial score (nSPS) is 50.5. The van der Waals surface area contributed by atoms with Gasteiger partial charge < -0.3 is 5.41 Å². The highest BCUT2D eigenvalue weighted by Gasteiger charge is 2.63. The molecule has 0 saturated heterocycles. The lowest BCUT2D eigenvalue weighted by molar-refractivity contribution is -0.133. The Balaban J connectivity index is 1.83. The molecule has 24 heavy (non-hydrogen) atoms. The predicted octanol–water partition coefficient (Wildman–Crippen LogP) is 3.99. The molecular formula is C21H27NO2. The third-order valence-corrected chi connectivity index (χ3v) is 8.14. The first-order valence-electron chi connectivity index (χ1n) is 9.26. The molecule has 3 saturated carbocycles. The molecule has 0 radical (unpaired) electrons. The number of carbonyl (C=O) groups is 2. The molecule has 4 aliphatic rings. The molecule has 3 heteroatoms. The molecule has 0 heterocycles. The summed E-state index contributed by atoms with van der Waals surface area (Å²) in [6.07, 6.45) is 7.34. The Labute approximate surface area is 144 Å². The van der Waals surface area contributed by atoms with Crippen LogP contribution in [0.1, 0.15) is 46.5 Å². The fourth-order valence-corrected chi connectivity index (χ4v) is 6.72. The maximum absolute atomic E-state index is 12.5. The Kier molecular flexibility index (Phi) is 3.18. The molecule has 4 rings (SSSR count). The van der Waals surface area contributed by atoms with Gasteiger partial charge in [0.2, 0.25) is 0 Å². The number of hydrogen-bond acceptors (Lipinski definition) is 3. The highest BCUT2D eigenvalue weighted by molar-refractivity contribution is 6.45. The van der Waals surface area contributed by atoms with Crippen molar-refractivity contribution in [1.29, 1.82) is 5.41 Å². The van der Waals surface area contributed by atoms with Crippen molar-refractivity contribution in [3.63, 3.8) is 0 Å². The van der Waals surface area contributed by atoms with Crippen LogP contribution in [0.3, 0.4) is 0 Å². The number of hydrogen-bond donors (Lipinski definition) is 1. The van der Waals surface area contributed by atoms with Crippen LogP contribution in [-0.2, 0) is 9.59 Å². The number of nitrogens with one attached hydrogen (secondary N) is 1. The lowest BCUT2D eigenvalue weighted by atomic mass is 9.43. The summed E-state index contributed by atoms with van der Waals surface area (Å²) in [5.41, 5.74) is 0.878. The third kappa shape index (κ3) is 1.71. The Hall–Kier alpha value is -1.51. The monoisotopic (exact) mass is 325 g/mol. The molecule has 1 unspecified atom stereocenters. The summed E-state index contributed by atoms with van der Waals surface area (Å²) in [5, 5.41) is 8.37. The Morgan fingerprint density at radius 3 is 2.62 bits per heavy atom. The van der Waals surface area contributed by atoms with E-state index in [0.717, 1.165) is 24.8 Å². The third-order valence-electron chi connectivity index (χ3n) is 8.14. The molecule has 0 aliphatic heterocycles. The maximum atomic E-state index is 12.5. The van der Waals surface area contributed by atoms with Crippen LogP contribution in [0.2, 0.25) is 0 Å². The standard InChI is InChI=1S/C21H27NO2/c1-11-12(2)18-19(22)15(23)8-10-21(18,4)14-7-9-20(3)13(17(11)14)5-6-16(20)24/h8,10-11,13-14,17-18,22H,2,5-7,9H2,1,3-4H3/t11-,13+,14+,17+,18?,20+,21-/m1/s1. The molecule has 0 spiro atoms. The SMILES string of the molecule is C=C1C2C(=N)C(=O)C=C[C@]2(C)[C@H]2CC[C@]3(C)C(=O)CC[C@H]3[C@@H]2[C@@H]1C. The molecule has 0 bridgehead atoms. The van der Waals surface area contributed by atoms with E-state index in [1.54, 1.807) is 6.08 Å². The fraction of sp³-hybridized carbons (Fsp3) is 0.667.